The van der Waals surface area contributed by atoms with Crippen LogP contribution in [0.1, 0.15) is 36.2 Å². The largest absolute Gasteiger partial charge is 0.462 e. The van der Waals surface area contributed by atoms with Gasteiger partial charge < -0.3 is 26.0 Å². The summed E-state index contributed by atoms with van der Waals surface area (Å²) in [7, 11) is 0. The van der Waals surface area contributed by atoms with Crippen LogP contribution in [-0.2, 0) is 20.7 Å². The van der Waals surface area contributed by atoms with Crippen LogP contribution in [0.3, 0.4) is 0 Å². The van der Waals surface area contributed by atoms with E-state index in [4.69, 9.17) is 10.5 Å². The van der Waals surface area contributed by atoms with Gasteiger partial charge in [-0.3, -0.25) is 9.59 Å². The Morgan fingerprint density at radius 2 is 1.91 bits per heavy atom. The van der Waals surface area contributed by atoms with Gasteiger partial charge in [0.2, 0.25) is 5.91 Å². The van der Waals surface area contributed by atoms with Gasteiger partial charge in [0.05, 0.1) is 6.54 Å². The summed E-state index contributed by atoms with van der Waals surface area (Å²) in [6, 6.07) is 11.5. The first-order valence-electron chi connectivity index (χ1n) is 10.4. The van der Waals surface area contributed by atoms with Crippen LogP contribution in [0, 0.1) is 0 Å². The van der Waals surface area contributed by atoms with Gasteiger partial charge in [-0.15, -0.1) is 12.4 Å². The fraction of sp³-hybridized carbons (Fsp3) is 0.348. The molecular weight excluding hydrogens is 432 g/mol. The molecule has 1 aliphatic heterocycles. The molecule has 0 saturated carbocycles. The molecule has 2 aromatic carbocycles. The second-order valence-corrected chi connectivity index (χ2v) is 7.42. The molecule has 0 saturated heterocycles. The number of esters is 1. The summed E-state index contributed by atoms with van der Waals surface area (Å²) in [5.41, 5.74) is 9.57. The average Bonchev–Trinajstić information content (AvgIpc) is 2.76. The van der Waals surface area contributed by atoms with Crippen molar-refractivity contribution in [3.05, 3.63) is 53.6 Å². The van der Waals surface area contributed by atoms with Crippen molar-refractivity contribution in [2.45, 2.75) is 32.7 Å². The summed E-state index contributed by atoms with van der Waals surface area (Å²) in [6.45, 7) is 5.03. The van der Waals surface area contributed by atoms with E-state index in [2.05, 4.69) is 15.5 Å². The summed E-state index contributed by atoms with van der Waals surface area (Å²) in [5, 5.41) is 5.54. The fourth-order valence-electron chi connectivity index (χ4n) is 3.51. The maximum atomic E-state index is 12.3. The lowest BCUT2D eigenvalue weighted by Crippen LogP contribution is -2.40. The van der Waals surface area contributed by atoms with E-state index in [0.717, 1.165) is 23.5 Å². The number of ether oxygens (including phenoxy) is 1. The third-order valence-corrected chi connectivity index (χ3v) is 5.23. The van der Waals surface area contributed by atoms with Gasteiger partial charge in [-0.25, -0.2) is 4.79 Å². The highest BCUT2D eigenvalue weighted by molar-refractivity contribution is 5.97. The van der Waals surface area contributed by atoms with Crippen molar-refractivity contribution < 1.29 is 19.1 Å². The lowest BCUT2D eigenvalue weighted by atomic mass is 10.00. The van der Waals surface area contributed by atoms with E-state index in [0.29, 0.717) is 30.6 Å². The number of halogens is 1. The number of amides is 2. The smallest absolute Gasteiger partial charge is 0.328 e. The van der Waals surface area contributed by atoms with Crippen molar-refractivity contribution >= 4 is 47.3 Å². The van der Waals surface area contributed by atoms with Crippen molar-refractivity contribution in [1.82, 2.24) is 5.32 Å². The minimum atomic E-state index is -0.778. The monoisotopic (exact) mass is 460 g/mol. The Labute approximate surface area is 193 Å². The number of anilines is 3. The Bertz CT molecular complexity index is 965. The van der Waals surface area contributed by atoms with Crippen molar-refractivity contribution in [3.8, 4) is 0 Å². The second kappa shape index (κ2) is 11.4. The van der Waals surface area contributed by atoms with Crippen molar-refractivity contribution in [2.75, 3.05) is 35.6 Å². The molecule has 1 heterocycles. The Hall–Kier alpha value is -3.26. The summed E-state index contributed by atoms with van der Waals surface area (Å²) in [4.78, 5) is 38.3. The average molecular weight is 461 g/mol. The van der Waals surface area contributed by atoms with Gasteiger partial charge in [-0.05, 0) is 62.2 Å². The summed E-state index contributed by atoms with van der Waals surface area (Å²) in [6.07, 6.45) is 1.14. The molecule has 172 valence electrons. The van der Waals surface area contributed by atoms with E-state index in [1.807, 2.05) is 25.1 Å². The maximum absolute atomic E-state index is 12.3. The molecule has 9 heteroatoms. The molecule has 0 radical (unpaired) electrons. The topological polar surface area (TPSA) is 114 Å². The molecule has 0 aromatic heterocycles. The molecular formula is C23H29ClN4O4. The molecule has 8 nitrogen and oxygen atoms in total. The van der Waals surface area contributed by atoms with Crippen molar-refractivity contribution in [2.24, 2.45) is 0 Å². The predicted octanol–water partition coefficient (Wildman–Crippen LogP) is 2.76. The predicted molar refractivity (Wildman–Crippen MR) is 127 cm³/mol. The van der Waals surface area contributed by atoms with Gasteiger partial charge in [0.1, 0.15) is 12.6 Å². The van der Waals surface area contributed by atoms with E-state index in [1.165, 1.54) is 0 Å². The fourth-order valence-corrected chi connectivity index (χ4v) is 3.51. The lowest BCUT2D eigenvalue weighted by molar-refractivity contribution is -0.145. The molecule has 1 aliphatic rings. The van der Waals surface area contributed by atoms with E-state index >= 15 is 0 Å². The molecule has 0 bridgehead atoms. The number of nitrogens with one attached hydrogen (secondary N) is 2. The molecule has 0 aliphatic carbocycles. The zero-order chi connectivity index (χ0) is 22.4. The summed E-state index contributed by atoms with van der Waals surface area (Å²) in [5.74, 6) is -0.837. The third-order valence-electron chi connectivity index (χ3n) is 5.23. The number of nitrogens with zero attached hydrogens (tertiary/aromatic N) is 1. The number of hydrogen-bond donors (Lipinski definition) is 3. The lowest BCUT2D eigenvalue weighted by Gasteiger charge is -2.29. The number of nitrogen functional groups attached to an aromatic ring is 1. The number of nitrogens with two attached hydrogens (primary N) is 1. The van der Waals surface area contributed by atoms with Gasteiger partial charge in [-0.2, -0.15) is 0 Å². The SMILES string of the molecule is CCN(CCOC(=O)C(C)NC(=O)c1ccc(N)cc1)c1cccc2c1CCC(=O)N2.Cl. The third kappa shape index (κ3) is 6.13. The first-order chi connectivity index (χ1) is 14.9. The normalized spacial score (nSPS) is 13.1. The Balaban J connectivity index is 0.00000363. The zero-order valence-corrected chi connectivity index (χ0v) is 19.0. The quantitative estimate of drug-likeness (QED) is 0.412. The van der Waals surface area contributed by atoms with Crippen LogP contribution >= 0.6 is 12.4 Å². The van der Waals surface area contributed by atoms with E-state index in [1.54, 1.807) is 31.2 Å². The molecule has 0 fully saturated rings. The highest BCUT2D eigenvalue weighted by atomic mass is 35.5. The molecule has 2 aromatic rings. The van der Waals surface area contributed by atoms with Crippen LogP contribution in [0.4, 0.5) is 17.1 Å². The molecule has 1 atom stereocenters. The zero-order valence-electron chi connectivity index (χ0n) is 18.2. The minimum absolute atomic E-state index is 0. The number of rotatable bonds is 8. The Kier molecular flexibility index (Phi) is 8.90. The van der Waals surface area contributed by atoms with E-state index in [-0.39, 0.29) is 30.8 Å². The van der Waals surface area contributed by atoms with Gasteiger partial charge in [0.25, 0.3) is 5.91 Å². The summed E-state index contributed by atoms with van der Waals surface area (Å²) >= 11 is 0. The minimum Gasteiger partial charge on any atom is -0.462 e. The van der Waals surface area contributed by atoms with Gasteiger partial charge >= 0.3 is 5.97 Å². The second-order valence-electron chi connectivity index (χ2n) is 7.42. The molecule has 4 N–H and O–H groups in total. The maximum Gasteiger partial charge on any atom is 0.328 e. The van der Waals surface area contributed by atoms with Crippen LogP contribution in [0.25, 0.3) is 0 Å². The highest BCUT2D eigenvalue weighted by Gasteiger charge is 2.21. The number of hydrogen-bond acceptors (Lipinski definition) is 6. The Morgan fingerprint density at radius 1 is 1.19 bits per heavy atom. The first-order valence-corrected chi connectivity index (χ1v) is 10.4. The molecule has 32 heavy (non-hydrogen) atoms. The van der Waals surface area contributed by atoms with Crippen LogP contribution in [-0.4, -0.2) is 43.5 Å². The van der Waals surface area contributed by atoms with Crippen molar-refractivity contribution in [3.63, 3.8) is 0 Å². The van der Waals surface area contributed by atoms with Crippen LogP contribution in [0.15, 0.2) is 42.5 Å². The number of likely N-dealkylation sites (N-methyl/N-ethyl adjacent to an activating group) is 1. The van der Waals surface area contributed by atoms with Gasteiger partial charge in [0.15, 0.2) is 0 Å². The van der Waals surface area contributed by atoms with E-state index < -0.39 is 12.0 Å². The summed E-state index contributed by atoms with van der Waals surface area (Å²) < 4.78 is 5.39. The molecule has 1 unspecified atom stereocenters. The van der Waals surface area contributed by atoms with Crippen molar-refractivity contribution in [1.29, 1.82) is 0 Å². The number of benzene rings is 2. The molecule has 3 rings (SSSR count). The van der Waals surface area contributed by atoms with E-state index in [9.17, 15) is 14.4 Å². The molecule has 0 spiro atoms. The van der Waals surface area contributed by atoms with Crippen LogP contribution in [0.2, 0.25) is 0 Å². The highest BCUT2D eigenvalue weighted by Crippen LogP contribution is 2.31. The Morgan fingerprint density at radius 3 is 2.59 bits per heavy atom. The van der Waals surface area contributed by atoms with Crippen LogP contribution < -0.4 is 21.3 Å². The standard InChI is InChI=1S/C23H28N4O4.ClH/c1-3-27(20-6-4-5-19-18(20)11-12-21(28)26-19)13-14-31-23(30)15(2)25-22(29)16-7-9-17(24)10-8-16;/h4-10,15H,3,11-14,24H2,1-2H3,(H,25,29)(H,26,28);1H. The van der Waals surface area contributed by atoms with Gasteiger partial charge in [0, 0.05) is 35.6 Å². The van der Waals surface area contributed by atoms with Crippen LogP contribution in [0.5, 0.6) is 0 Å². The first kappa shape index (κ1) is 25.0. The molecule has 2 amide bonds. The van der Waals surface area contributed by atoms with Gasteiger partial charge in [-0.1, -0.05) is 6.07 Å². The number of fused-ring (bicyclic) bond motifs is 1. The number of carbonyl (C=O) groups excluding carboxylic acids is 3. The number of carbonyl (C=O) groups is 3.